The lowest BCUT2D eigenvalue weighted by molar-refractivity contribution is 0.105. The summed E-state index contributed by atoms with van der Waals surface area (Å²) in [7, 11) is 0. The summed E-state index contributed by atoms with van der Waals surface area (Å²) in [5.74, 6) is 0.789. The number of rotatable bonds is 10. The molecule has 0 aliphatic rings. The molecule has 0 radical (unpaired) electrons. The molecule has 0 spiro atoms. The van der Waals surface area contributed by atoms with Crippen LogP contribution in [0.4, 0.5) is 0 Å². The van der Waals surface area contributed by atoms with Crippen LogP contribution in [0.2, 0.25) is 5.02 Å². The zero-order valence-corrected chi connectivity index (χ0v) is 18.8. The van der Waals surface area contributed by atoms with E-state index >= 15 is 0 Å². The van der Waals surface area contributed by atoms with E-state index in [0.29, 0.717) is 22.8 Å². The van der Waals surface area contributed by atoms with Gasteiger partial charge in [-0.3, -0.25) is 4.79 Å². The molecule has 0 bridgehead atoms. The zero-order chi connectivity index (χ0) is 22.1. The van der Waals surface area contributed by atoms with Gasteiger partial charge in [0, 0.05) is 22.7 Å². The average molecular weight is 434 g/mol. The van der Waals surface area contributed by atoms with E-state index < -0.39 is 0 Å². The topological polar surface area (TPSA) is 29.5 Å². The highest BCUT2D eigenvalue weighted by Crippen LogP contribution is 2.25. The molecule has 0 saturated carbocycles. The van der Waals surface area contributed by atoms with E-state index in [1.165, 1.54) is 0 Å². The van der Waals surface area contributed by atoms with Crippen LogP contribution < -0.4 is 4.74 Å². The maximum atomic E-state index is 13.2. The fraction of sp³-hybridized carbons (Fsp3) is 0.222. The molecule has 0 heterocycles. The predicted octanol–water partition coefficient (Wildman–Crippen LogP) is 6.48. The average Bonchev–Trinajstić information content (AvgIpc) is 2.82. The number of carbonyl (C=O) groups excluding carboxylic acids is 1. The van der Waals surface area contributed by atoms with Crippen LogP contribution in [-0.2, 0) is 0 Å². The minimum atomic E-state index is -0.0394. The van der Waals surface area contributed by atoms with Gasteiger partial charge in [-0.2, -0.15) is 0 Å². The second-order valence-corrected chi connectivity index (χ2v) is 7.64. The first-order valence-electron chi connectivity index (χ1n) is 10.6. The number of hydrogen-bond acceptors (Lipinski definition) is 3. The van der Waals surface area contributed by atoms with Crippen LogP contribution in [0.25, 0.3) is 11.6 Å². The van der Waals surface area contributed by atoms with E-state index in [1.54, 1.807) is 24.3 Å². The van der Waals surface area contributed by atoms with E-state index in [9.17, 15) is 4.79 Å². The van der Waals surface area contributed by atoms with Gasteiger partial charge >= 0.3 is 0 Å². The van der Waals surface area contributed by atoms with Crippen molar-refractivity contribution in [1.82, 2.24) is 4.90 Å². The SMILES string of the molecule is CCN(CC)CCOc1ccc(/C=C(/C(=O)c2ccc(Cl)cc2)c2ccccc2)cc1. The summed E-state index contributed by atoms with van der Waals surface area (Å²) in [6.45, 7) is 7.91. The standard InChI is InChI=1S/C27H28ClNO2/c1-3-29(4-2)18-19-31-25-16-10-21(11-17-25)20-26(22-8-6-5-7-9-22)27(30)23-12-14-24(28)15-13-23/h5-17,20H,3-4,18-19H2,1-2H3/b26-20+. The highest BCUT2D eigenvalue weighted by Gasteiger charge is 2.14. The largest absolute Gasteiger partial charge is 0.492 e. The zero-order valence-electron chi connectivity index (χ0n) is 18.1. The summed E-state index contributed by atoms with van der Waals surface area (Å²) in [6.07, 6.45) is 1.92. The lowest BCUT2D eigenvalue weighted by Crippen LogP contribution is -2.27. The third kappa shape index (κ3) is 6.55. The van der Waals surface area contributed by atoms with Crippen LogP contribution in [-0.4, -0.2) is 36.9 Å². The number of ether oxygens (including phenoxy) is 1. The van der Waals surface area contributed by atoms with Crippen molar-refractivity contribution in [3.05, 3.63) is 101 Å². The first-order chi connectivity index (χ1) is 15.1. The minimum absolute atomic E-state index is 0.0394. The first-order valence-corrected chi connectivity index (χ1v) is 11.0. The number of carbonyl (C=O) groups is 1. The second-order valence-electron chi connectivity index (χ2n) is 7.20. The molecule has 3 nitrogen and oxygen atoms in total. The van der Waals surface area contributed by atoms with Gasteiger partial charge in [0.1, 0.15) is 12.4 Å². The molecule has 3 rings (SSSR count). The molecule has 0 aromatic heterocycles. The third-order valence-corrected chi connectivity index (χ3v) is 5.45. The van der Waals surface area contributed by atoms with Crippen molar-refractivity contribution >= 4 is 29.0 Å². The van der Waals surface area contributed by atoms with Crippen molar-refractivity contribution < 1.29 is 9.53 Å². The summed E-state index contributed by atoms with van der Waals surface area (Å²) in [6, 6.07) is 24.6. The second kappa shape index (κ2) is 11.5. The summed E-state index contributed by atoms with van der Waals surface area (Å²) in [5.41, 5.74) is 3.06. The van der Waals surface area contributed by atoms with Gasteiger partial charge in [-0.1, -0.05) is 67.9 Å². The van der Waals surface area contributed by atoms with Gasteiger partial charge in [0.2, 0.25) is 0 Å². The van der Waals surface area contributed by atoms with Crippen molar-refractivity contribution in [1.29, 1.82) is 0 Å². The van der Waals surface area contributed by atoms with Crippen LogP contribution >= 0.6 is 11.6 Å². The number of Topliss-reactive ketones (excluding diaryl/α,β-unsaturated/α-hetero) is 1. The fourth-order valence-electron chi connectivity index (χ4n) is 3.31. The Labute approximate surface area is 189 Å². The van der Waals surface area contributed by atoms with E-state index in [-0.39, 0.29) is 5.78 Å². The number of ketones is 1. The van der Waals surface area contributed by atoms with Gasteiger partial charge < -0.3 is 9.64 Å². The maximum absolute atomic E-state index is 13.2. The molecule has 0 fully saturated rings. The summed E-state index contributed by atoms with van der Waals surface area (Å²) >= 11 is 5.99. The number of allylic oxidation sites excluding steroid dienone is 1. The van der Waals surface area contributed by atoms with E-state index in [4.69, 9.17) is 16.3 Å². The first kappa shape index (κ1) is 22.8. The molecule has 31 heavy (non-hydrogen) atoms. The normalized spacial score (nSPS) is 11.5. The molecule has 0 saturated heterocycles. The molecular formula is C27H28ClNO2. The lowest BCUT2D eigenvalue weighted by atomic mass is 9.95. The Kier molecular flexibility index (Phi) is 8.45. The number of likely N-dealkylation sites (N-methyl/N-ethyl adjacent to an activating group) is 1. The molecule has 0 aliphatic carbocycles. The summed E-state index contributed by atoms with van der Waals surface area (Å²) < 4.78 is 5.87. The van der Waals surface area contributed by atoms with Crippen LogP contribution in [0.15, 0.2) is 78.9 Å². The predicted molar refractivity (Wildman–Crippen MR) is 130 cm³/mol. The van der Waals surface area contributed by atoms with E-state index in [0.717, 1.165) is 36.5 Å². The molecule has 0 unspecified atom stereocenters. The van der Waals surface area contributed by atoms with Crippen LogP contribution in [0.5, 0.6) is 5.75 Å². The van der Waals surface area contributed by atoms with Crippen LogP contribution in [0.3, 0.4) is 0 Å². The van der Waals surface area contributed by atoms with Gasteiger partial charge in [0.05, 0.1) is 0 Å². The molecule has 0 atom stereocenters. The van der Waals surface area contributed by atoms with Gasteiger partial charge in [-0.05, 0) is 66.7 Å². The van der Waals surface area contributed by atoms with Crippen LogP contribution in [0.1, 0.15) is 35.3 Å². The van der Waals surface area contributed by atoms with Crippen molar-refractivity contribution in [2.75, 3.05) is 26.2 Å². The molecule has 0 amide bonds. The molecule has 3 aromatic rings. The monoisotopic (exact) mass is 433 g/mol. The highest BCUT2D eigenvalue weighted by molar-refractivity contribution is 6.33. The van der Waals surface area contributed by atoms with E-state index in [1.807, 2.05) is 60.7 Å². The Bertz CT molecular complexity index is 992. The number of benzene rings is 3. The van der Waals surface area contributed by atoms with Gasteiger partial charge in [-0.15, -0.1) is 0 Å². The molecule has 0 N–H and O–H groups in total. The van der Waals surface area contributed by atoms with Crippen molar-refractivity contribution in [3.8, 4) is 5.75 Å². The fourth-order valence-corrected chi connectivity index (χ4v) is 3.44. The maximum Gasteiger partial charge on any atom is 0.193 e. The quantitative estimate of drug-likeness (QED) is 0.208. The Balaban J connectivity index is 1.80. The summed E-state index contributed by atoms with van der Waals surface area (Å²) in [4.78, 5) is 15.6. The Hall–Kier alpha value is -2.88. The molecule has 0 aliphatic heterocycles. The van der Waals surface area contributed by atoms with Crippen molar-refractivity contribution in [2.24, 2.45) is 0 Å². The van der Waals surface area contributed by atoms with E-state index in [2.05, 4.69) is 18.7 Å². The molecular weight excluding hydrogens is 406 g/mol. The lowest BCUT2D eigenvalue weighted by Gasteiger charge is -2.18. The Morgan fingerprint density at radius 3 is 2.13 bits per heavy atom. The van der Waals surface area contributed by atoms with Crippen molar-refractivity contribution in [2.45, 2.75) is 13.8 Å². The molecule has 4 heteroatoms. The smallest absolute Gasteiger partial charge is 0.193 e. The number of nitrogens with zero attached hydrogens (tertiary/aromatic N) is 1. The Morgan fingerprint density at radius 2 is 1.52 bits per heavy atom. The number of halogens is 1. The minimum Gasteiger partial charge on any atom is -0.492 e. The third-order valence-electron chi connectivity index (χ3n) is 5.20. The molecule has 3 aromatic carbocycles. The Morgan fingerprint density at radius 1 is 0.871 bits per heavy atom. The number of hydrogen-bond donors (Lipinski definition) is 0. The van der Waals surface area contributed by atoms with Gasteiger partial charge in [0.15, 0.2) is 5.78 Å². The van der Waals surface area contributed by atoms with Crippen molar-refractivity contribution in [3.63, 3.8) is 0 Å². The summed E-state index contributed by atoms with van der Waals surface area (Å²) in [5, 5.41) is 0.610. The highest BCUT2D eigenvalue weighted by atomic mass is 35.5. The van der Waals surface area contributed by atoms with Crippen LogP contribution in [0, 0.1) is 0 Å². The van der Waals surface area contributed by atoms with Gasteiger partial charge in [-0.25, -0.2) is 0 Å². The van der Waals surface area contributed by atoms with Gasteiger partial charge in [0.25, 0.3) is 0 Å². The molecule has 160 valence electrons.